The lowest BCUT2D eigenvalue weighted by molar-refractivity contribution is -0.137. The summed E-state index contributed by atoms with van der Waals surface area (Å²) < 4.78 is 0. The highest BCUT2D eigenvalue weighted by Crippen LogP contribution is 2.40. The molecule has 2 heterocycles. The van der Waals surface area contributed by atoms with Crippen LogP contribution in [-0.2, 0) is 17.6 Å². The monoisotopic (exact) mass is 411 g/mol. The molecule has 0 N–H and O–H groups in total. The Bertz CT molecular complexity index is 795. The standard InChI is InChI=1S/C25H37N3O2/c1-18(2)11-14-27-24(30)28(19(3)4)23(29)25(27)12-15-26(16-13-25)22-10-9-20-7-5-6-8-21(20)17-22/h5-8,18-19,22H,9-17H2,1-4H3/t22-/m1/s1. The second-order valence-corrected chi connectivity index (χ2v) is 10.1. The number of amides is 3. The van der Waals surface area contributed by atoms with Crippen LogP contribution in [0.25, 0.3) is 0 Å². The van der Waals surface area contributed by atoms with Gasteiger partial charge in [-0.1, -0.05) is 38.1 Å². The Hall–Kier alpha value is -1.88. The maximum absolute atomic E-state index is 13.5. The lowest BCUT2D eigenvalue weighted by atomic mass is 9.82. The smallest absolute Gasteiger partial charge is 0.309 e. The summed E-state index contributed by atoms with van der Waals surface area (Å²) in [5.74, 6) is 0.556. The molecule has 1 aliphatic carbocycles. The van der Waals surface area contributed by atoms with Gasteiger partial charge in [-0.3, -0.25) is 14.6 Å². The number of carbonyl (C=O) groups excluding carboxylic acids is 2. The number of urea groups is 1. The van der Waals surface area contributed by atoms with E-state index in [0.29, 0.717) is 18.5 Å². The predicted molar refractivity (Wildman–Crippen MR) is 119 cm³/mol. The second kappa shape index (κ2) is 8.33. The van der Waals surface area contributed by atoms with Crippen molar-refractivity contribution in [1.82, 2.24) is 14.7 Å². The molecule has 0 radical (unpaired) electrons. The minimum Gasteiger partial charge on any atom is -0.309 e. The number of imide groups is 1. The normalized spacial score (nSPS) is 24.4. The molecule has 1 aromatic rings. The van der Waals surface area contributed by atoms with Gasteiger partial charge in [-0.15, -0.1) is 0 Å². The zero-order chi connectivity index (χ0) is 21.5. The van der Waals surface area contributed by atoms with E-state index in [1.54, 1.807) is 0 Å². The molecular formula is C25H37N3O2. The Morgan fingerprint density at radius 1 is 1.03 bits per heavy atom. The summed E-state index contributed by atoms with van der Waals surface area (Å²) in [4.78, 5) is 32.7. The average molecular weight is 412 g/mol. The number of fused-ring (bicyclic) bond motifs is 1. The predicted octanol–water partition coefficient (Wildman–Crippen LogP) is 4.10. The number of benzene rings is 1. The van der Waals surface area contributed by atoms with Crippen molar-refractivity contribution in [2.45, 2.75) is 83.8 Å². The van der Waals surface area contributed by atoms with Gasteiger partial charge in [0.1, 0.15) is 5.54 Å². The number of piperidine rings is 1. The average Bonchev–Trinajstić information content (AvgIpc) is 2.92. The first-order chi connectivity index (χ1) is 14.3. The summed E-state index contributed by atoms with van der Waals surface area (Å²) in [6.45, 7) is 10.7. The van der Waals surface area contributed by atoms with Gasteiger partial charge in [-0.2, -0.15) is 0 Å². The SMILES string of the molecule is CC(C)CCN1C(=O)N(C(C)C)C(=O)C12CCN([C@@H]1CCc3ccccc3C1)CC2. The topological polar surface area (TPSA) is 43.9 Å². The van der Waals surface area contributed by atoms with Crippen LogP contribution in [0.2, 0.25) is 0 Å². The third kappa shape index (κ3) is 3.66. The van der Waals surface area contributed by atoms with Crippen LogP contribution in [0.4, 0.5) is 4.79 Å². The molecule has 2 saturated heterocycles. The van der Waals surface area contributed by atoms with E-state index in [-0.39, 0.29) is 18.0 Å². The summed E-state index contributed by atoms with van der Waals surface area (Å²) in [5.41, 5.74) is 2.34. The summed E-state index contributed by atoms with van der Waals surface area (Å²) in [7, 11) is 0. The van der Waals surface area contributed by atoms with Crippen LogP contribution >= 0.6 is 0 Å². The summed E-state index contributed by atoms with van der Waals surface area (Å²) in [6.07, 6.45) is 5.89. The van der Waals surface area contributed by atoms with Gasteiger partial charge < -0.3 is 4.90 Å². The number of rotatable bonds is 5. The lowest BCUT2D eigenvalue weighted by Crippen LogP contribution is -2.58. The zero-order valence-corrected chi connectivity index (χ0v) is 19.1. The van der Waals surface area contributed by atoms with Crippen LogP contribution in [0.5, 0.6) is 0 Å². The molecule has 5 heteroatoms. The van der Waals surface area contributed by atoms with E-state index in [0.717, 1.165) is 45.2 Å². The van der Waals surface area contributed by atoms with Gasteiger partial charge >= 0.3 is 6.03 Å². The molecule has 0 aromatic heterocycles. The lowest BCUT2D eigenvalue weighted by Gasteiger charge is -2.45. The fraction of sp³-hybridized carbons (Fsp3) is 0.680. The molecule has 30 heavy (non-hydrogen) atoms. The van der Waals surface area contributed by atoms with Gasteiger partial charge in [0.2, 0.25) is 0 Å². The Labute approximate surface area is 181 Å². The van der Waals surface area contributed by atoms with Gasteiger partial charge in [-0.05, 0) is 69.4 Å². The van der Waals surface area contributed by atoms with Crippen molar-refractivity contribution < 1.29 is 9.59 Å². The van der Waals surface area contributed by atoms with Crippen molar-refractivity contribution in [3.63, 3.8) is 0 Å². The maximum atomic E-state index is 13.5. The zero-order valence-electron chi connectivity index (χ0n) is 19.1. The number of nitrogens with zero attached hydrogens (tertiary/aromatic N) is 3. The largest absolute Gasteiger partial charge is 0.327 e. The molecule has 2 fully saturated rings. The molecular weight excluding hydrogens is 374 g/mol. The molecule has 2 aliphatic heterocycles. The fourth-order valence-electron chi connectivity index (χ4n) is 5.63. The van der Waals surface area contributed by atoms with Crippen LogP contribution in [0.3, 0.4) is 0 Å². The second-order valence-electron chi connectivity index (χ2n) is 10.1. The van der Waals surface area contributed by atoms with Crippen molar-refractivity contribution in [3.05, 3.63) is 35.4 Å². The first kappa shape index (κ1) is 21.4. The molecule has 3 aliphatic rings. The number of likely N-dealkylation sites (tertiary alicyclic amines) is 1. The van der Waals surface area contributed by atoms with Gasteiger partial charge in [0.05, 0.1) is 0 Å². The van der Waals surface area contributed by atoms with Crippen molar-refractivity contribution in [1.29, 1.82) is 0 Å². The molecule has 0 unspecified atom stereocenters. The first-order valence-corrected chi connectivity index (χ1v) is 11.8. The minimum atomic E-state index is -0.626. The summed E-state index contributed by atoms with van der Waals surface area (Å²) >= 11 is 0. The Morgan fingerprint density at radius 2 is 1.70 bits per heavy atom. The van der Waals surface area contributed by atoms with Crippen molar-refractivity contribution >= 4 is 11.9 Å². The quantitative estimate of drug-likeness (QED) is 0.685. The maximum Gasteiger partial charge on any atom is 0.327 e. The first-order valence-electron chi connectivity index (χ1n) is 11.8. The van der Waals surface area contributed by atoms with E-state index in [4.69, 9.17) is 0 Å². The highest BCUT2D eigenvalue weighted by atomic mass is 16.2. The molecule has 3 amide bonds. The molecule has 0 bridgehead atoms. The fourth-order valence-corrected chi connectivity index (χ4v) is 5.63. The number of hydrogen-bond acceptors (Lipinski definition) is 3. The van der Waals surface area contributed by atoms with E-state index in [1.165, 1.54) is 22.4 Å². The molecule has 0 saturated carbocycles. The van der Waals surface area contributed by atoms with Crippen LogP contribution in [0, 0.1) is 5.92 Å². The number of aryl methyl sites for hydroxylation is 1. The minimum absolute atomic E-state index is 0.0416. The molecule has 1 spiro atoms. The number of hydrogen-bond donors (Lipinski definition) is 0. The Morgan fingerprint density at radius 3 is 2.33 bits per heavy atom. The molecule has 5 nitrogen and oxygen atoms in total. The third-order valence-corrected chi connectivity index (χ3v) is 7.48. The van der Waals surface area contributed by atoms with E-state index >= 15 is 0 Å². The Balaban J connectivity index is 1.49. The third-order valence-electron chi connectivity index (χ3n) is 7.48. The Kier molecular flexibility index (Phi) is 5.93. The van der Waals surface area contributed by atoms with Gasteiger partial charge in [0.15, 0.2) is 0 Å². The molecule has 164 valence electrons. The van der Waals surface area contributed by atoms with Crippen molar-refractivity contribution in [2.75, 3.05) is 19.6 Å². The van der Waals surface area contributed by atoms with E-state index in [2.05, 4.69) is 43.0 Å². The highest BCUT2D eigenvalue weighted by Gasteiger charge is 2.58. The van der Waals surface area contributed by atoms with Gasteiger partial charge in [-0.25, -0.2) is 4.79 Å². The van der Waals surface area contributed by atoms with E-state index < -0.39 is 5.54 Å². The highest BCUT2D eigenvalue weighted by molar-refractivity contribution is 6.07. The van der Waals surface area contributed by atoms with Crippen LogP contribution < -0.4 is 0 Å². The van der Waals surface area contributed by atoms with Gasteiger partial charge in [0.25, 0.3) is 5.91 Å². The van der Waals surface area contributed by atoms with Gasteiger partial charge in [0, 0.05) is 31.7 Å². The number of carbonyl (C=O) groups is 2. The van der Waals surface area contributed by atoms with E-state index in [9.17, 15) is 9.59 Å². The van der Waals surface area contributed by atoms with Crippen molar-refractivity contribution in [3.8, 4) is 0 Å². The van der Waals surface area contributed by atoms with Crippen molar-refractivity contribution in [2.24, 2.45) is 5.92 Å². The summed E-state index contributed by atoms with van der Waals surface area (Å²) in [5, 5.41) is 0. The van der Waals surface area contributed by atoms with E-state index in [1.807, 2.05) is 18.7 Å². The van der Waals surface area contributed by atoms with Crippen LogP contribution in [0.15, 0.2) is 24.3 Å². The molecule has 1 aromatic carbocycles. The molecule has 1 atom stereocenters. The summed E-state index contributed by atoms with van der Waals surface area (Å²) in [6, 6.07) is 9.19. The van der Waals surface area contributed by atoms with Crippen LogP contribution in [-0.4, -0.2) is 63.9 Å². The van der Waals surface area contributed by atoms with Crippen LogP contribution in [0.1, 0.15) is 64.5 Å². The molecule has 4 rings (SSSR count).